The smallest absolute Gasteiger partial charge is 0.410 e. The molecule has 1 amide bonds. The number of aromatic nitrogens is 1. The summed E-state index contributed by atoms with van der Waals surface area (Å²) in [7, 11) is 0. The highest BCUT2D eigenvalue weighted by Gasteiger charge is 2.30. The van der Waals surface area contributed by atoms with Gasteiger partial charge in [-0.1, -0.05) is 17.7 Å². The Bertz CT molecular complexity index is 885. The van der Waals surface area contributed by atoms with Crippen LogP contribution in [0.3, 0.4) is 0 Å². The molecule has 1 aliphatic heterocycles. The van der Waals surface area contributed by atoms with Gasteiger partial charge < -0.3 is 15.0 Å². The molecule has 7 heteroatoms. The minimum Gasteiger partial charge on any atom is -0.444 e. The number of amides is 1. The molecule has 1 aromatic heterocycles. The molecule has 1 aliphatic rings. The molecule has 6 nitrogen and oxygen atoms in total. The molecule has 0 aliphatic carbocycles. The Hall–Kier alpha value is -2.52. The van der Waals surface area contributed by atoms with E-state index in [1.165, 1.54) is 0 Å². The predicted octanol–water partition coefficient (Wildman–Crippen LogP) is 4.18. The van der Waals surface area contributed by atoms with Gasteiger partial charge in [0.05, 0.1) is 0 Å². The molecule has 2 heterocycles. The van der Waals surface area contributed by atoms with Crippen molar-refractivity contribution in [1.29, 1.82) is 5.26 Å². The van der Waals surface area contributed by atoms with Gasteiger partial charge in [0.25, 0.3) is 0 Å². The van der Waals surface area contributed by atoms with Crippen LogP contribution in [-0.2, 0) is 4.74 Å². The van der Waals surface area contributed by atoms with Gasteiger partial charge in [0, 0.05) is 29.5 Å². The maximum absolute atomic E-state index is 12.2. The molecular formula is C19H21ClN4O2. The fraction of sp³-hybridized carbons (Fsp3) is 0.421. The average molecular weight is 373 g/mol. The van der Waals surface area contributed by atoms with Crippen molar-refractivity contribution in [3.63, 3.8) is 0 Å². The van der Waals surface area contributed by atoms with Crippen LogP contribution >= 0.6 is 11.6 Å². The van der Waals surface area contributed by atoms with Crippen LogP contribution in [0.2, 0.25) is 5.02 Å². The lowest BCUT2D eigenvalue weighted by Crippen LogP contribution is -2.36. The maximum Gasteiger partial charge on any atom is 0.410 e. The fourth-order valence-corrected chi connectivity index (χ4v) is 3.12. The number of nitrogens with one attached hydrogen (secondary N) is 1. The van der Waals surface area contributed by atoms with Crippen molar-refractivity contribution >= 4 is 34.3 Å². The standard InChI is InChI=1S/C19H21ClN4O2/c1-19(2,3)26-18(25)24-7-6-14(11-24)22-17-16-9-13(20)5-4-12(16)8-15(10-21)23-17/h4-5,8-9,14H,6-7,11H2,1-3H3,(H,22,23). The zero-order chi connectivity index (χ0) is 18.9. The van der Waals surface area contributed by atoms with E-state index in [4.69, 9.17) is 16.3 Å². The summed E-state index contributed by atoms with van der Waals surface area (Å²) in [5.74, 6) is 0.609. The maximum atomic E-state index is 12.2. The summed E-state index contributed by atoms with van der Waals surface area (Å²) in [6, 6.07) is 9.33. The van der Waals surface area contributed by atoms with Crippen molar-refractivity contribution < 1.29 is 9.53 Å². The van der Waals surface area contributed by atoms with Gasteiger partial charge in [-0.05, 0) is 50.8 Å². The minimum absolute atomic E-state index is 0.0335. The van der Waals surface area contributed by atoms with E-state index in [0.717, 1.165) is 17.2 Å². The van der Waals surface area contributed by atoms with Crippen LogP contribution in [0.5, 0.6) is 0 Å². The van der Waals surface area contributed by atoms with Crippen LogP contribution in [0, 0.1) is 11.3 Å². The fourth-order valence-electron chi connectivity index (χ4n) is 2.95. The third kappa shape index (κ3) is 4.17. The van der Waals surface area contributed by atoms with Crippen LogP contribution in [0.15, 0.2) is 24.3 Å². The lowest BCUT2D eigenvalue weighted by molar-refractivity contribution is 0.0293. The van der Waals surface area contributed by atoms with Gasteiger partial charge in [0.15, 0.2) is 0 Å². The Kier molecular flexibility index (Phi) is 4.92. The van der Waals surface area contributed by atoms with Crippen molar-refractivity contribution in [3.8, 4) is 6.07 Å². The first-order chi connectivity index (χ1) is 12.2. The zero-order valence-electron chi connectivity index (χ0n) is 15.0. The van der Waals surface area contributed by atoms with Gasteiger partial charge in [-0.2, -0.15) is 5.26 Å². The van der Waals surface area contributed by atoms with E-state index >= 15 is 0 Å². The summed E-state index contributed by atoms with van der Waals surface area (Å²) >= 11 is 6.12. The molecule has 26 heavy (non-hydrogen) atoms. The van der Waals surface area contributed by atoms with Crippen LogP contribution in [-0.4, -0.2) is 40.7 Å². The number of carbonyl (C=O) groups is 1. The SMILES string of the molecule is CC(C)(C)OC(=O)N1CCC(Nc2nc(C#N)cc3ccc(Cl)cc23)C1. The topological polar surface area (TPSA) is 78.2 Å². The Morgan fingerprint density at radius 1 is 1.42 bits per heavy atom. The van der Waals surface area contributed by atoms with Gasteiger partial charge in [-0.3, -0.25) is 0 Å². The minimum atomic E-state index is -0.516. The molecule has 1 aromatic carbocycles. The third-order valence-corrected chi connectivity index (χ3v) is 4.33. The van der Waals surface area contributed by atoms with Crippen LogP contribution < -0.4 is 5.32 Å². The Labute approximate surface area is 157 Å². The van der Waals surface area contributed by atoms with Gasteiger partial charge in [0.2, 0.25) is 0 Å². The lowest BCUT2D eigenvalue weighted by atomic mass is 10.1. The molecule has 0 saturated carbocycles. The molecule has 2 aromatic rings. The summed E-state index contributed by atoms with van der Waals surface area (Å²) < 4.78 is 5.43. The highest BCUT2D eigenvalue weighted by Crippen LogP contribution is 2.28. The number of hydrogen-bond acceptors (Lipinski definition) is 5. The van der Waals surface area contributed by atoms with Gasteiger partial charge in [-0.25, -0.2) is 9.78 Å². The van der Waals surface area contributed by atoms with E-state index in [1.807, 2.05) is 32.9 Å². The lowest BCUT2D eigenvalue weighted by Gasteiger charge is -2.24. The summed E-state index contributed by atoms with van der Waals surface area (Å²) in [4.78, 5) is 18.3. The van der Waals surface area contributed by atoms with E-state index in [-0.39, 0.29) is 12.1 Å². The van der Waals surface area contributed by atoms with E-state index in [9.17, 15) is 10.1 Å². The average Bonchev–Trinajstić information content (AvgIpc) is 3.02. The molecule has 3 rings (SSSR count). The quantitative estimate of drug-likeness (QED) is 0.855. The Balaban J connectivity index is 1.79. The first kappa shape index (κ1) is 18.3. The van der Waals surface area contributed by atoms with Crippen LogP contribution in [0.1, 0.15) is 32.9 Å². The first-order valence-electron chi connectivity index (χ1n) is 8.50. The second kappa shape index (κ2) is 7.00. The van der Waals surface area contributed by atoms with E-state index < -0.39 is 5.60 Å². The molecule has 1 atom stereocenters. The molecule has 1 fully saturated rings. The predicted molar refractivity (Wildman–Crippen MR) is 101 cm³/mol. The highest BCUT2D eigenvalue weighted by atomic mass is 35.5. The van der Waals surface area contributed by atoms with Crippen LogP contribution in [0.4, 0.5) is 10.6 Å². The number of anilines is 1. The number of benzene rings is 1. The first-order valence-corrected chi connectivity index (χ1v) is 8.88. The zero-order valence-corrected chi connectivity index (χ0v) is 15.8. The Morgan fingerprint density at radius 3 is 2.88 bits per heavy atom. The molecule has 0 radical (unpaired) electrons. The number of rotatable bonds is 2. The van der Waals surface area contributed by atoms with Gasteiger partial charge >= 0.3 is 6.09 Å². The molecule has 136 valence electrons. The largest absolute Gasteiger partial charge is 0.444 e. The Morgan fingerprint density at radius 2 is 2.19 bits per heavy atom. The van der Waals surface area contributed by atoms with Crippen molar-refractivity contribution in [2.75, 3.05) is 18.4 Å². The molecule has 1 saturated heterocycles. The summed E-state index contributed by atoms with van der Waals surface area (Å²) in [6.45, 7) is 6.69. The summed E-state index contributed by atoms with van der Waals surface area (Å²) in [6.07, 6.45) is 0.466. The van der Waals surface area contributed by atoms with E-state index in [2.05, 4.69) is 16.4 Å². The van der Waals surface area contributed by atoms with Crippen molar-refractivity contribution in [3.05, 3.63) is 35.0 Å². The normalized spacial score (nSPS) is 17.2. The second-order valence-electron chi connectivity index (χ2n) is 7.39. The summed E-state index contributed by atoms with van der Waals surface area (Å²) in [5.41, 5.74) is -0.178. The third-order valence-electron chi connectivity index (χ3n) is 4.09. The molecule has 1 unspecified atom stereocenters. The number of nitrogens with zero attached hydrogens (tertiary/aromatic N) is 3. The van der Waals surface area contributed by atoms with Crippen molar-refractivity contribution in [1.82, 2.24) is 9.88 Å². The number of nitriles is 1. The highest BCUT2D eigenvalue weighted by molar-refractivity contribution is 6.31. The number of ether oxygens (including phenoxy) is 1. The number of hydrogen-bond donors (Lipinski definition) is 1. The molecule has 0 spiro atoms. The second-order valence-corrected chi connectivity index (χ2v) is 7.83. The van der Waals surface area contributed by atoms with Crippen LogP contribution in [0.25, 0.3) is 10.8 Å². The number of pyridine rings is 1. The molecular weight excluding hydrogens is 352 g/mol. The number of fused-ring (bicyclic) bond motifs is 1. The van der Waals surface area contributed by atoms with E-state index in [1.54, 1.807) is 17.0 Å². The van der Waals surface area contributed by atoms with E-state index in [0.29, 0.717) is 29.6 Å². The number of halogens is 1. The van der Waals surface area contributed by atoms with Crippen molar-refractivity contribution in [2.45, 2.75) is 38.8 Å². The molecule has 0 bridgehead atoms. The monoisotopic (exact) mass is 372 g/mol. The van der Waals surface area contributed by atoms with Crippen molar-refractivity contribution in [2.24, 2.45) is 0 Å². The van der Waals surface area contributed by atoms with Gasteiger partial charge in [0.1, 0.15) is 23.2 Å². The molecule has 1 N–H and O–H groups in total. The number of likely N-dealkylation sites (tertiary alicyclic amines) is 1. The number of carbonyl (C=O) groups excluding carboxylic acids is 1. The van der Waals surface area contributed by atoms with Gasteiger partial charge in [-0.15, -0.1) is 0 Å². The summed E-state index contributed by atoms with van der Waals surface area (Å²) in [5, 5.41) is 14.9.